The predicted octanol–water partition coefficient (Wildman–Crippen LogP) is -0.822. The molecule has 0 aromatic heterocycles. The highest BCUT2D eigenvalue weighted by molar-refractivity contribution is 6.04. The molecule has 0 unspecified atom stereocenters. The number of carbonyl (C=O) groups is 1. The van der Waals surface area contributed by atoms with Crippen molar-refractivity contribution in [2.75, 3.05) is 6.67 Å². The zero-order chi connectivity index (χ0) is 9.54. The van der Waals surface area contributed by atoms with E-state index in [0.717, 1.165) is 16.1 Å². The van der Waals surface area contributed by atoms with E-state index in [1.807, 2.05) is 12.1 Å². The summed E-state index contributed by atoms with van der Waals surface area (Å²) in [5.74, 6) is -0.0615. The maximum absolute atomic E-state index is 11.6. The third kappa shape index (κ3) is 0.849. The highest BCUT2D eigenvalue weighted by Gasteiger charge is 2.17. The molecule has 2 heterocycles. The molecule has 1 aromatic rings. The lowest BCUT2D eigenvalue weighted by Crippen LogP contribution is -2.37. The molecule has 0 atom stereocenters. The summed E-state index contributed by atoms with van der Waals surface area (Å²) in [5, 5.41) is 4.43. The SMILES string of the molecule is O=C1NCN=c2ccc3c(c21)C=NC=3. The summed E-state index contributed by atoms with van der Waals surface area (Å²) in [4.78, 5) is 19.8. The third-order valence-electron chi connectivity index (χ3n) is 2.39. The van der Waals surface area contributed by atoms with Gasteiger partial charge in [0.05, 0.1) is 10.9 Å². The van der Waals surface area contributed by atoms with Gasteiger partial charge in [-0.15, -0.1) is 0 Å². The Bertz CT molecular complexity index is 572. The average molecular weight is 185 g/mol. The molecule has 0 saturated heterocycles. The Balaban J connectivity index is 2.48. The minimum Gasteiger partial charge on any atom is -0.333 e. The number of fused-ring (bicyclic) bond motifs is 3. The zero-order valence-corrected chi connectivity index (χ0v) is 7.32. The van der Waals surface area contributed by atoms with Gasteiger partial charge in [-0.05, 0) is 6.07 Å². The van der Waals surface area contributed by atoms with Gasteiger partial charge in [0.2, 0.25) is 0 Å². The fourth-order valence-electron chi connectivity index (χ4n) is 1.72. The van der Waals surface area contributed by atoms with Gasteiger partial charge >= 0.3 is 0 Å². The fraction of sp³-hybridized carbons (Fsp3) is 0.100. The van der Waals surface area contributed by atoms with Gasteiger partial charge in [0.1, 0.15) is 6.67 Å². The molecule has 0 fully saturated rings. The summed E-state index contributed by atoms with van der Waals surface area (Å²) in [6.07, 6.45) is 3.45. The average Bonchev–Trinajstić information content (AvgIpc) is 2.65. The molecule has 1 amide bonds. The van der Waals surface area contributed by atoms with Gasteiger partial charge in [-0.25, -0.2) is 0 Å². The van der Waals surface area contributed by atoms with E-state index in [9.17, 15) is 4.79 Å². The maximum atomic E-state index is 11.6. The number of hydrogen-bond donors (Lipinski definition) is 1. The summed E-state index contributed by atoms with van der Waals surface area (Å²) in [5.41, 5.74) is 1.52. The van der Waals surface area contributed by atoms with E-state index in [1.54, 1.807) is 12.4 Å². The van der Waals surface area contributed by atoms with E-state index in [4.69, 9.17) is 0 Å². The van der Waals surface area contributed by atoms with Gasteiger partial charge in [0.15, 0.2) is 0 Å². The van der Waals surface area contributed by atoms with Gasteiger partial charge in [0, 0.05) is 23.2 Å². The summed E-state index contributed by atoms with van der Waals surface area (Å²) < 4.78 is 0. The van der Waals surface area contributed by atoms with Crippen LogP contribution in [0.25, 0.3) is 6.20 Å². The lowest BCUT2D eigenvalue weighted by Gasteiger charge is -2.10. The summed E-state index contributed by atoms with van der Waals surface area (Å²) in [6.45, 7) is 0.367. The molecule has 0 radical (unpaired) electrons. The lowest BCUT2D eigenvalue weighted by molar-refractivity contribution is 0.0947. The smallest absolute Gasteiger partial charge is 0.255 e. The van der Waals surface area contributed by atoms with Crippen LogP contribution in [0.15, 0.2) is 22.1 Å². The van der Waals surface area contributed by atoms with Crippen molar-refractivity contribution < 1.29 is 4.79 Å². The molecule has 0 aliphatic carbocycles. The molecule has 0 spiro atoms. The zero-order valence-electron chi connectivity index (χ0n) is 7.32. The Morgan fingerprint density at radius 3 is 3.21 bits per heavy atom. The first-order chi connectivity index (χ1) is 6.86. The van der Waals surface area contributed by atoms with E-state index >= 15 is 0 Å². The van der Waals surface area contributed by atoms with Crippen molar-refractivity contribution in [3.05, 3.63) is 33.8 Å². The molecule has 0 bridgehead atoms. The number of nitrogens with one attached hydrogen (secondary N) is 1. The minimum absolute atomic E-state index is 0.0615. The Kier molecular flexibility index (Phi) is 1.33. The highest BCUT2D eigenvalue weighted by Crippen LogP contribution is 2.02. The topological polar surface area (TPSA) is 53.8 Å². The molecular formula is C10H7N3O. The van der Waals surface area contributed by atoms with E-state index in [-0.39, 0.29) is 5.91 Å². The second-order valence-corrected chi connectivity index (χ2v) is 3.19. The van der Waals surface area contributed by atoms with E-state index < -0.39 is 0 Å². The first-order valence-corrected chi connectivity index (χ1v) is 4.35. The van der Waals surface area contributed by atoms with Gasteiger partial charge < -0.3 is 5.32 Å². The molecule has 1 aromatic carbocycles. The molecular weight excluding hydrogens is 178 g/mol. The van der Waals surface area contributed by atoms with E-state index in [0.29, 0.717) is 12.2 Å². The maximum Gasteiger partial charge on any atom is 0.255 e. The fourth-order valence-corrected chi connectivity index (χ4v) is 1.72. The number of carbonyl (C=O) groups excluding carboxylic acids is 1. The summed E-state index contributed by atoms with van der Waals surface area (Å²) in [7, 11) is 0. The molecule has 2 aliphatic heterocycles. The van der Waals surface area contributed by atoms with Gasteiger partial charge in [-0.2, -0.15) is 0 Å². The second-order valence-electron chi connectivity index (χ2n) is 3.19. The van der Waals surface area contributed by atoms with Crippen LogP contribution in [0.3, 0.4) is 0 Å². The van der Waals surface area contributed by atoms with Crippen LogP contribution < -0.4 is 15.9 Å². The first-order valence-electron chi connectivity index (χ1n) is 4.35. The van der Waals surface area contributed by atoms with Crippen LogP contribution >= 0.6 is 0 Å². The standard InChI is InChI=1S/C10H7N3O/c14-10-9-7-4-11-3-6(7)1-2-8(9)12-5-13-10/h1-4H,5H2,(H,13,14). The van der Waals surface area contributed by atoms with Crippen LogP contribution in [0.1, 0.15) is 15.9 Å². The number of benzene rings is 1. The van der Waals surface area contributed by atoms with Crippen LogP contribution in [0.2, 0.25) is 0 Å². The number of amides is 1. The molecule has 14 heavy (non-hydrogen) atoms. The Morgan fingerprint density at radius 1 is 1.36 bits per heavy atom. The van der Waals surface area contributed by atoms with Crippen LogP contribution in [0, 0.1) is 0 Å². The largest absolute Gasteiger partial charge is 0.333 e. The van der Waals surface area contributed by atoms with Crippen molar-refractivity contribution in [3.8, 4) is 0 Å². The molecule has 1 N–H and O–H groups in total. The summed E-state index contributed by atoms with van der Waals surface area (Å²) in [6, 6.07) is 3.79. The monoisotopic (exact) mass is 185 g/mol. The second kappa shape index (κ2) is 2.51. The van der Waals surface area contributed by atoms with Gasteiger partial charge in [-0.1, -0.05) is 6.07 Å². The highest BCUT2D eigenvalue weighted by atomic mass is 16.1. The number of aliphatic imine (C=N–C) groups is 1. The predicted molar refractivity (Wildman–Crippen MR) is 51.6 cm³/mol. The Morgan fingerprint density at radius 2 is 2.29 bits per heavy atom. The molecule has 4 heteroatoms. The van der Waals surface area contributed by atoms with Crippen LogP contribution in [-0.4, -0.2) is 18.8 Å². The number of rotatable bonds is 0. The molecule has 68 valence electrons. The van der Waals surface area contributed by atoms with Crippen molar-refractivity contribution >= 4 is 18.3 Å². The normalized spacial score (nSPS) is 16.4. The summed E-state index contributed by atoms with van der Waals surface area (Å²) >= 11 is 0. The van der Waals surface area contributed by atoms with Crippen molar-refractivity contribution in [1.29, 1.82) is 0 Å². The van der Waals surface area contributed by atoms with Gasteiger partial charge in [-0.3, -0.25) is 14.8 Å². The van der Waals surface area contributed by atoms with Crippen molar-refractivity contribution in [3.63, 3.8) is 0 Å². The Labute approximate surface area is 79.7 Å². The van der Waals surface area contributed by atoms with Crippen molar-refractivity contribution in [1.82, 2.24) is 5.32 Å². The van der Waals surface area contributed by atoms with Crippen LogP contribution in [0.4, 0.5) is 0 Å². The van der Waals surface area contributed by atoms with Crippen LogP contribution in [-0.2, 0) is 0 Å². The lowest BCUT2D eigenvalue weighted by atomic mass is 10.0. The molecule has 3 rings (SSSR count). The Hall–Kier alpha value is -1.97. The number of nitrogens with zero attached hydrogens (tertiary/aromatic N) is 2. The molecule has 2 aliphatic rings. The van der Waals surface area contributed by atoms with Gasteiger partial charge in [0.25, 0.3) is 5.91 Å². The quantitative estimate of drug-likeness (QED) is 0.564. The molecule has 4 nitrogen and oxygen atoms in total. The van der Waals surface area contributed by atoms with Crippen molar-refractivity contribution in [2.24, 2.45) is 9.98 Å². The van der Waals surface area contributed by atoms with Crippen LogP contribution in [0.5, 0.6) is 0 Å². The molecule has 0 saturated carbocycles. The first kappa shape index (κ1) is 7.44. The van der Waals surface area contributed by atoms with Crippen molar-refractivity contribution in [2.45, 2.75) is 0 Å². The number of hydrogen-bond acceptors (Lipinski definition) is 3. The third-order valence-corrected chi connectivity index (χ3v) is 2.39. The van der Waals surface area contributed by atoms with E-state index in [1.165, 1.54) is 0 Å². The minimum atomic E-state index is -0.0615. The van der Waals surface area contributed by atoms with E-state index in [2.05, 4.69) is 15.3 Å².